The van der Waals surface area contributed by atoms with E-state index in [1.165, 1.54) is 12.8 Å². The molecule has 2 aliphatic heterocycles. The normalized spacial score (nSPS) is 25.2. The van der Waals surface area contributed by atoms with Crippen LogP contribution in [0.4, 0.5) is 0 Å². The zero-order valence-electron chi connectivity index (χ0n) is 18.6. The third-order valence-electron chi connectivity index (χ3n) is 7.15. The van der Waals surface area contributed by atoms with E-state index in [-0.39, 0.29) is 28.2 Å². The van der Waals surface area contributed by atoms with Gasteiger partial charge in [0.25, 0.3) is 11.5 Å². The van der Waals surface area contributed by atoms with Crippen molar-refractivity contribution in [3.05, 3.63) is 33.2 Å². The molecule has 1 aromatic heterocycles. The number of rotatable bonds is 3. The van der Waals surface area contributed by atoms with Gasteiger partial charge in [0.15, 0.2) is 5.78 Å². The van der Waals surface area contributed by atoms with Crippen LogP contribution in [0.15, 0.2) is 10.9 Å². The van der Waals surface area contributed by atoms with Crippen molar-refractivity contribution in [1.82, 2.24) is 14.8 Å². The van der Waals surface area contributed by atoms with Crippen molar-refractivity contribution in [2.45, 2.75) is 59.3 Å². The molecule has 2 saturated heterocycles. The average Bonchev–Trinajstić information content (AvgIpc) is 2.68. The molecule has 1 amide bonds. The molecule has 0 saturated carbocycles. The van der Waals surface area contributed by atoms with Crippen LogP contribution in [-0.2, 0) is 6.42 Å². The lowest BCUT2D eigenvalue weighted by Crippen LogP contribution is -2.46. The number of piperidine rings is 2. The monoisotopic (exact) mass is 413 g/mol. The van der Waals surface area contributed by atoms with Gasteiger partial charge in [0.05, 0.1) is 0 Å². The Bertz CT molecular complexity index is 880. The second kappa shape index (κ2) is 8.29. The summed E-state index contributed by atoms with van der Waals surface area (Å²) in [6.45, 7) is 11.1. The van der Waals surface area contributed by atoms with Crippen LogP contribution in [-0.4, -0.2) is 59.2 Å². The third kappa shape index (κ3) is 4.53. The molecule has 0 spiro atoms. The van der Waals surface area contributed by atoms with Gasteiger partial charge in [0.2, 0.25) is 0 Å². The summed E-state index contributed by atoms with van der Waals surface area (Å²) in [7, 11) is 0. The van der Waals surface area contributed by atoms with Gasteiger partial charge in [-0.05, 0) is 68.5 Å². The van der Waals surface area contributed by atoms with Gasteiger partial charge in [-0.3, -0.25) is 14.4 Å². The number of H-pyrrole nitrogens is 1. The number of fused-ring (bicyclic) bond motifs is 1. The first kappa shape index (κ1) is 21.3. The topological polar surface area (TPSA) is 73.5 Å². The number of nitrogens with one attached hydrogen (secondary N) is 1. The van der Waals surface area contributed by atoms with Crippen LogP contribution in [0, 0.1) is 17.3 Å². The van der Waals surface area contributed by atoms with Gasteiger partial charge < -0.3 is 14.8 Å². The first-order valence-electron chi connectivity index (χ1n) is 11.5. The fraction of sp³-hybridized carbons (Fsp3) is 0.708. The van der Waals surface area contributed by atoms with Gasteiger partial charge in [-0.15, -0.1) is 0 Å². The molecule has 6 heteroatoms. The van der Waals surface area contributed by atoms with E-state index < -0.39 is 0 Å². The van der Waals surface area contributed by atoms with Crippen molar-refractivity contribution in [1.29, 1.82) is 0 Å². The molecule has 164 valence electrons. The second-order valence-corrected chi connectivity index (χ2v) is 10.6. The number of hydrogen-bond donors (Lipinski definition) is 1. The predicted octanol–water partition coefficient (Wildman–Crippen LogP) is 3.11. The maximum atomic E-state index is 13.2. The summed E-state index contributed by atoms with van der Waals surface area (Å²) in [6, 6.07) is 1.56. The summed E-state index contributed by atoms with van der Waals surface area (Å²) in [5, 5.41) is 0. The van der Waals surface area contributed by atoms with Gasteiger partial charge in [0.1, 0.15) is 5.56 Å². The predicted molar refractivity (Wildman–Crippen MR) is 117 cm³/mol. The summed E-state index contributed by atoms with van der Waals surface area (Å²) in [5.74, 6) is 1.06. The molecule has 3 heterocycles. The molecule has 1 N–H and O–H groups in total. The van der Waals surface area contributed by atoms with Crippen LogP contribution in [0.3, 0.4) is 0 Å². The summed E-state index contributed by atoms with van der Waals surface area (Å²) in [4.78, 5) is 45.7. The highest BCUT2D eigenvalue weighted by atomic mass is 16.2. The van der Waals surface area contributed by atoms with Crippen molar-refractivity contribution >= 4 is 11.7 Å². The molecule has 1 aromatic rings. The number of amides is 1. The van der Waals surface area contributed by atoms with Crippen LogP contribution >= 0.6 is 0 Å². The maximum absolute atomic E-state index is 13.2. The number of likely N-dealkylation sites (tertiary alicyclic amines) is 2. The molecule has 1 atom stereocenters. The Kier molecular flexibility index (Phi) is 5.88. The van der Waals surface area contributed by atoms with Crippen molar-refractivity contribution in [2.24, 2.45) is 17.3 Å². The number of aromatic amines is 1. The number of ketones is 1. The Balaban J connectivity index is 1.47. The van der Waals surface area contributed by atoms with E-state index >= 15 is 0 Å². The Morgan fingerprint density at radius 3 is 2.60 bits per heavy atom. The van der Waals surface area contributed by atoms with Crippen LogP contribution in [0.2, 0.25) is 0 Å². The zero-order chi connectivity index (χ0) is 21.5. The average molecular weight is 414 g/mol. The third-order valence-corrected chi connectivity index (χ3v) is 7.15. The number of aromatic nitrogens is 1. The number of pyridine rings is 1. The van der Waals surface area contributed by atoms with Gasteiger partial charge in [-0.2, -0.15) is 0 Å². The Morgan fingerprint density at radius 1 is 1.13 bits per heavy atom. The first-order valence-corrected chi connectivity index (χ1v) is 11.5. The van der Waals surface area contributed by atoms with Crippen molar-refractivity contribution < 1.29 is 9.59 Å². The van der Waals surface area contributed by atoms with Crippen LogP contribution in [0.25, 0.3) is 0 Å². The summed E-state index contributed by atoms with van der Waals surface area (Å²) in [5.41, 5.74) is 0.790. The minimum absolute atomic E-state index is 0.0161. The fourth-order valence-electron chi connectivity index (χ4n) is 5.37. The Labute approximate surface area is 179 Å². The molecule has 30 heavy (non-hydrogen) atoms. The molecule has 3 aliphatic rings. The van der Waals surface area contributed by atoms with Gasteiger partial charge >= 0.3 is 0 Å². The van der Waals surface area contributed by atoms with E-state index in [2.05, 4.69) is 16.8 Å². The Hall–Kier alpha value is -1.95. The zero-order valence-corrected chi connectivity index (χ0v) is 18.6. The molecule has 1 aliphatic carbocycles. The minimum atomic E-state index is -0.364. The molecule has 2 fully saturated rings. The van der Waals surface area contributed by atoms with E-state index in [0.717, 1.165) is 38.4 Å². The number of hydrogen-bond acceptors (Lipinski definition) is 4. The number of Topliss-reactive ketones (excluding diaryl/α,β-unsaturated/α-hetero) is 1. The summed E-state index contributed by atoms with van der Waals surface area (Å²) in [6.07, 6.45) is 5.70. The van der Waals surface area contributed by atoms with E-state index in [1.807, 2.05) is 18.7 Å². The van der Waals surface area contributed by atoms with Crippen molar-refractivity contribution in [3.63, 3.8) is 0 Å². The largest absolute Gasteiger partial charge is 0.338 e. The van der Waals surface area contributed by atoms with E-state index in [0.29, 0.717) is 43.1 Å². The van der Waals surface area contributed by atoms with E-state index in [9.17, 15) is 14.4 Å². The fourth-order valence-corrected chi connectivity index (χ4v) is 5.37. The molecular weight excluding hydrogens is 378 g/mol. The van der Waals surface area contributed by atoms with E-state index in [4.69, 9.17) is 0 Å². The molecule has 0 radical (unpaired) electrons. The maximum Gasteiger partial charge on any atom is 0.261 e. The van der Waals surface area contributed by atoms with E-state index in [1.54, 1.807) is 6.07 Å². The van der Waals surface area contributed by atoms with Crippen molar-refractivity contribution in [2.75, 3.05) is 32.7 Å². The standard InChI is InChI=1S/C24H35N3O3/c1-16-6-9-26(10-7-16)14-17-5-4-8-27(15-17)23(30)19-11-18-20(25-22(19)29)12-24(2,3)13-21(18)28/h11,16-17H,4-10,12-15H2,1-3H3,(H,25,29). The number of nitrogens with zero attached hydrogens (tertiary/aromatic N) is 2. The lowest BCUT2D eigenvalue weighted by molar-refractivity contribution is 0.0620. The highest BCUT2D eigenvalue weighted by molar-refractivity contribution is 6.02. The molecule has 0 aromatic carbocycles. The Morgan fingerprint density at radius 2 is 1.87 bits per heavy atom. The summed E-state index contributed by atoms with van der Waals surface area (Å²) < 4.78 is 0. The number of carbonyl (C=O) groups is 2. The highest BCUT2D eigenvalue weighted by Crippen LogP contribution is 2.33. The molecule has 1 unspecified atom stereocenters. The van der Waals surface area contributed by atoms with Gasteiger partial charge in [-0.1, -0.05) is 20.8 Å². The van der Waals surface area contributed by atoms with Gasteiger partial charge in [0, 0.05) is 37.3 Å². The SMILES string of the molecule is CC1CCN(CC2CCCN(C(=O)c3cc4c([nH]c3=O)CC(C)(C)CC4=O)C2)CC1. The number of carbonyl (C=O) groups excluding carboxylic acids is 2. The van der Waals surface area contributed by atoms with Crippen LogP contribution in [0.1, 0.15) is 79.3 Å². The first-order chi connectivity index (χ1) is 14.2. The smallest absolute Gasteiger partial charge is 0.261 e. The lowest BCUT2D eigenvalue weighted by Gasteiger charge is -2.38. The van der Waals surface area contributed by atoms with Crippen molar-refractivity contribution in [3.8, 4) is 0 Å². The second-order valence-electron chi connectivity index (χ2n) is 10.6. The molecule has 4 rings (SSSR count). The quantitative estimate of drug-likeness (QED) is 0.826. The van der Waals surface area contributed by atoms with Gasteiger partial charge in [-0.25, -0.2) is 0 Å². The van der Waals surface area contributed by atoms with Crippen LogP contribution in [0.5, 0.6) is 0 Å². The molecular formula is C24H35N3O3. The molecule has 0 bridgehead atoms. The lowest BCUT2D eigenvalue weighted by atomic mass is 9.75. The highest BCUT2D eigenvalue weighted by Gasteiger charge is 2.34. The molecule has 6 nitrogen and oxygen atoms in total. The minimum Gasteiger partial charge on any atom is -0.338 e. The summed E-state index contributed by atoms with van der Waals surface area (Å²) >= 11 is 0. The van der Waals surface area contributed by atoms with Crippen LogP contribution < -0.4 is 5.56 Å².